The topological polar surface area (TPSA) is 35.9 Å². The molecule has 0 saturated heterocycles. The van der Waals surface area contributed by atoms with Gasteiger partial charge in [-0.05, 0) is 81.9 Å². The van der Waals surface area contributed by atoms with Gasteiger partial charge in [-0.3, -0.25) is 0 Å². The van der Waals surface area contributed by atoms with E-state index in [1.165, 1.54) is 82.7 Å². The Hall–Kier alpha value is -6.32. The fraction of sp³-hybridized carbons (Fsp3) is 0.0222. The molecule has 0 spiro atoms. The molecule has 3 nitrogen and oxygen atoms in total. The van der Waals surface area contributed by atoms with Crippen LogP contribution in [0.1, 0.15) is 11.1 Å². The largest absolute Gasteiger partial charge is 0.398 e. The fourth-order valence-corrected chi connectivity index (χ4v) is 8.01. The second kappa shape index (κ2) is 10.3. The summed E-state index contributed by atoms with van der Waals surface area (Å²) in [6.45, 7) is 0.740. The molecule has 226 valence electrons. The van der Waals surface area contributed by atoms with E-state index in [0.29, 0.717) is 0 Å². The number of allylic oxidation sites excluding steroid dienone is 1. The minimum absolute atomic E-state index is 0.740. The van der Waals surface area contributed by atoms with E-state index in [2.05, 4.69) is 167 Å². The van der Waals surface area contributed by atoms with Gasteiger partial charge in [0.1, 0.15) is 0 Å². The van der Waals surface area contributed by atoms with Gasteiger partial charge in [0.15, 0.2) is 0 Å². The molecule has 1 aliphatic rings. The number of hydrogen-bond acceptors (Lipinski definition) is 1. The van der Waals surface area contributed by atoms with Gasteiger partial charge in [-0.15, -0.1) is 0 Å². The van der Waals surface area contributed by atoms with Crippen LogP contribution in [0.4, 0.5) is 5.69 Å². The van der Waals surface area contributed by atoms with E-state index in [4.69, 9.17) is 5.73 Å². The van der Waals surface area contributed by atoms with Crippen LogP contribution in [0.3, 0.4) is 0 Å². The number of aromatic nitrogens is 2. The van der Waals surface area contributed by atoms with E-state index in [0.717, 1.165) is 17.8 Å². The van der Waals surface area contributed by atoms with Crippen LogP contribution in [0, 0.1) is 0 Å². The molecule has 2 N–H and O–H groups in total. The summed E-state index contributed by atoms with van der Waals surface area (Å²) in [5.74, 6) is 0. The highest BCUT2D eigenvalue weighted by Gasteiger charge is 2.25. The second-order valence-corrected chi connectivity index (χ2v) is 12.7. The van der Waals surface area contributed by atoms with E-state index >= 15 is 0 Å². The molecule has 0 amide bonds. The fourth-order valence-electron chi connectivity index (χ4n) is 8.01. The molecule has 9 aromatic rings. The monoisotopic (exact) mass is 613 g/mol. The van der Waals surface area contributed by atoms with Gasteiger partial charge in [0.2, 0.25) is 0 Å². The van der Waals surface area contributed by atoms with Crippen LogP contribution in [0.5, 0.6) is 0 Å². The molecule has 0 saturated carbocycles. The molecule has 7 aromatic carbocycles. The lowest BCUT2D eigenvalue weighted by atomic mass is 10.0. The van der Waals surface area contributed by atoms with Crippen LogP contribution >= 0.6 is 0 Å². The number of rotatable bonds is 4. The van der Waals surface area contributed by atoms with Crippen molar-refractivity contribution in [3.8, 4) is 27.9 Å². The average molecular weight is 614 g/mol. The zero-order valence-corrected chi connectivity index (χ0v) is 26.3. The molecule has 10 rings (SSSR count). The Morgan fingerprint density at radius 3 is 1.94 bits per heavy atom. The van der Waals surface area contributed by atoms with Crippen molar-refractivity contribution in [2.45, 2.75) is 6.54 Å². The minimum Gasteiger partial charge on any atom is -0.398 e. The Kier molecular flexibility index (Phi) is 5.79. The molecule has 3 heteroatoms. The Morgan fingerprint density at radius 2 is 1.08 bits per heavy atom. The van der Waals surface area contributed by atoms with Gasteiger partial charge >= 0.3 is 0 Å². The third-order valence-corrected chi connectivity index (χ3v) is 10.1. The Balaban J connectivity index is 1.12. The molecule has 0 unspecified atom stereocenters. The Bertz CT molecular complexity index is 2760. The van der Waals surface area contributed by atoms with E-state index in [-0.39, 0.29) is 0 Å². The van der Waals surface area contributed by atoms with Crippen molar-refractivity contribution in [1.29, 1.82) is 0 Å². The molecule has 0 aliphatic heterocycles. The van der Waals surface area contributed by atoms with Gasteiger partial charge < -0.3 is 14.9 Å². The number of para-hydroxylation sites is 3. The highest BCUT2D eigenvalue weighted by atomic mass is 15.0. The maximum atomic E-state index is 6.59. The molecule has 2 heterocycles. The number of nitrogens with zero attached hydrogens (tertiary/aromatic N) is 2. The summed E-state index contributed by atoms with van der Waals surface area (Å²) in [4.78, 5) is 0. The van der Waals surface area contributed by atoms with Gasteiger partial charge in [0.25, 0.3) is 0 Å². The van der Waals surface area contributed by atoms with Crippen molar-refractivity contribution in [3.05, 3.63) is 175 Å². The zero-order chi connectivity index (χ0) is 31.8. The number of anilines is 1. The van der Waals surface area contributed by atoms with Crippen LogP contribution in [0.25, 0.3) is 77.1 Å². The van der Waals surface area contributed by atoms with E-state index < -0.39 is 0 Å². The number of benzene rings is 7. The summed E-state index contributed by atoms with van der Waals surface area (Å²) < 4.78 is 4.83. The summed E-state index contributed by atoms with van der Waals surface area (Å²) in [5.41, 5.74) is 22.0. The first kappa shape index (κ1) is 26.9. The molecule has 48 heavy (non-hydrogen) atoms. The van der Waals surface area contributed by atoms with Crippen molar-refractivity contribution >= 4 is 54.9 Å². The zero-order valence-electron chi connectivity index (χ0n) is 26.3. The highest BCUT2D eigenvalue weighted by molar-refractivity contribution is 6.12. The first-order chi connectivity index (χ1) is 23.7. The maximum Gasteiger partial charge on any atom is 0.0547 e. The predicted octanol–water partition coefficient (Wildman–Crippen LogP) is 11.3. The van der Waals surface area contributed by atoms with Gasteiger partial charge in [-0.1, -0.05) is 115 Å². The predicted molar refractivity (Wildman–Crippen MR) is 203 cm³/mol. The smallest absolute Gasteiger partial charge is 0.0547 e. The lowest BCUT2D eigenvalue weighted by molar-refractivity contribution is 0.900. The SMILES string of the molecule is Nc1cccc2c1/C(=C\Cn1c3ccccc3c3cc(-c4ccc5c6ccccc6n(-c6ccccc6)c5c4)ccc31)c1ccccc1-2. The van der Waals surface area contributed by atoms with E-state index in [1.807, 2.05) is 6.07 Å². The summed E-state index contributed by atoms with van der Waals surface area (Å²) >= 11 is 0. The molecule has 0 radical (unpaired) electrons. The van der Waals surface area contributed by atoms with Crippen molar-refractivity contribution < 1.29 is 0 Å². The normalized spacial score (nSPS) is 13.2. The van der Waals surface area contributed by atoms with Gasteiger partial charge in [0, 0.05) is 56.1 Å². The van der Waals surface area contributed by atoms with Gasteiger partial charge in [-0.2, -0.15) is 0 Å². The average Bonchev–Trinajstić information content (AvgIpc) is 3.77. The molecule has 0 fully saturated rings. The lowest BCUT2D eigenvalue weighted by Gasteiger charge is -2.10. The number of nitrogen functional groups attached to an aromatic ring is 1. The quantitative estimate of drug-likeness (QED) is 0.197. The Morgan fingerprint density at radius 1 is 0.458 bits per heavy atom. The molecular formula is C45H31N3. The van der Waals surface area contributed by atoms with Crippen molar-refractivity contribution in [1.82, 2.24) is 9.13 Å². The summed E-state index contributed by atoms with van der Waals surface area (Å²) in [5, 5.41) is 5.06. The van der Waals surface area contributed by atoms with Crippen LogP contribution in [-0.4, -0.2) is 9.13 Å². The van der Waals surface area contributed by atoms with E-state index in [9.17, 15) is 0 Å². The van der Waals surface area contributed by atoms with Crippen LogP contribution in [-0.2, 0) is 6.54 Å². The second-order valence-electron chi connectivity index (χ2n) is 12.7. The summed E-state index contributed by atoms with van der Waals surface area (Å²) in [6, 6.07) is 56.9. The van der Waals surface area contributed by atoms with Gasteiger partial charge in [0.05, 0.1) is 11.0 Å². The molecule has 1 aliphatic carbocycles. The Labute approximate surface area is 278 Å². The van der Waals surface area contributed by atoms with Crippen molar-refractivity contribution in [2.75, 3.05) is 5.73 Å². The molecule has 0 atom stereocenters. The summed E-state index contributed by atoms with van der Waals surface area (Å²) in [6.07, 6.45) is 2.36. The molecule has 2 aromatic heterocycles. The van der Waals surface area contributed by atoms with Crippen LogP contribution in [0.15, 0.2) is 164 Å². The van der Waals surface area contributed by atoms with Gasteiger partial charge in [-0.25, -0.2) is 0 Å². The number of fused-ring (bicyclic) bond motifs is 9. The molecule has 0 bridgehead atoms. The van der Waals surface area contributed by atoms with Crippen molar-refractivity contribution in [2.24, 2.45) is 0 Å². The maximum absolute atomic E-state index is 6.59. The third-order valence-electron chi connectivity index (χ3n) is 10.1. The first-order valence-corrected chi connectivity index (χ1v) is 16.5. The number of hydrogen-bond donors (Lipinski definition) is 1. The van der Waals surface area contributed by atoms with Crippen LogP contribution in [0.2, 0.25) is 0 Å². The third kappa shape index (κ3) is 3.88. The molecular weight excluding hydrogens is 583 g/mol. The minimum atomic E-state index is 0.740. The lowest BCUT2D eigenvalue weighted by Crippen LogP contribution is -1.97. The van der Waals surface area contributed by atoms with E-state index in [1.54, 1.807) is 0 Å². The standard InChI is InChI=1S/C45H31N3/c46-40-18-10-17-37-32-13-4-5-14-33(32)38(45(37)40)25-26-47-41-19-8-6-16-35(41)39-27-29(22-24-42(39)47)30-21-23-36-34-15-7-9-20-43(34)48(44(36)28-30)31-11-2-1-3-12-31/h1-25,27-28H,26,46H2/b38-25-. The highest BCUT2D eigenvalue weighted by Crippen LogP contribution is 2.47. The van der Waals surface area contributed by atoms with Crippen LogP contribution < -0.4 is 5.73 Å². The first-order valence-electron chi connectivity index (χ1n) is 16.5. The van der Waals surface area contributed by atoms with Crippen molar-refractivity contribution in [3.63, 3.8) is 0 Å². The summed E-state index contributed by atoms with van der Waals surface area (Å²) in [7, 11) is 0. The number of nitrogens with two attached hydrogens (primary N) is 1.